The molecule has 0 radical (unpaired) electrons. The number of esters is 1. The lowest BCUT2D eigenvalue weighted by Crippen LogP contribution is -2.01. The van der Waals surface area contributed by atoms with E-state index in [1.165, 1.54) is 6.92 Å². The summed E-state index contributed by atoms with van der Waals surface area (Å²) in [5.41, 5.74) is 4.54. The normalized spacial score (nSPS) is 10.6. The summed E-state index contributed by atoms with van der Waals surface area (Å²) < 4.78 is 7.11. The van der Waals surface area contributed by atoms with E-state index in [1.54, 1.807) is 6.07 Å². The number of para-hydroxylation sites is 1. The van der Waals surface area contributed by atoms with E-state index in [4.69, 9.17) is 21.4 Å². The zero-order valence-corrected chi connectivity index (χ0v) is 15.9. The molecule has 0 saturated heterocycles. The molecule has 1 heterocycles. The molecule has 3 aromatic carbocycles. The van der Waals surface area contributed by atoms with Crippen LogP contribution in [0.5, 0.6) is 5.75 Å². The second kappa shape index (κ2) is 7.71. The number of rotatable bonds is 4. The number of halogens is 1. The summed E-state index contributed by atoms with van der Waals surface area (Å²) in [7, 11) is 0. The van der Waals surface area contributed by atoms with E-state index < -0.39 is 0 Å². The molecule has 0 bridgehead atoms. The van der Waals surface area contributed by atoms with Gasteiger partial charge in [0.2, 0.25) is 0 Å². The van der Waals surface area contributed by atoms with Gasteiger partial charge >= 0.3 is 5.97 Å². The van der Waals surface area contributed by atoms with Crippen LogP contribution in [0.25, 0.3) is 28.2 Å². The molecule has 0 amide bonds. The third-order valence-electron chi connectivity index (χ3n) is 4.24. The standard InChI is InChI=1S/C23H17ClN2O2/c1-16(27)28-21-9-5-6-18(14-21)22-15-23(17-10-12-19(24)13-11-17)26(25-22)20-7-3-2-4-8-20/h2-15H,1H3. The van der Waals surface area contributed by atoms with Crippen LogP contribution in [0.3, 0.4) is 0 Å². The van der Waals surface area contributed by atoms with E-state index in [-0.39, 0.29) is 5.97 Å². The first-order chi connectivity index (χ1) is 13.6. The van der Waals surface area contributed by atoms with Gasteiger partial charge in [-0.2, -0.15) is 5.10 Å². The van der Waals surface area contributed by atoms with Crippen molar-refractivity contribution < 1.29 is 9.53 Å². The smallest absolute Gasteiger partial charge is 0.308 e. The van der Waals surface area contributed by atoms with Gasteiger partial charge in [-0.3, -0.25) is 4.79 Å². The molecule has 0 aliphatic carbocycles. The van der Waals surface area contributed by atoms with E-state index in [0.29, 0.717) is 10.8 Å². The molecule has 138 valence electrons. The van der Waals surface area contributed by atoms with E-state index in [1.807, 2.05) is 83.5 Å². The summed E-state index contributed by atoms with van der Waals surface area (Å²) >= 11 is 6.05. The lowest BCUT2D eigenvalue weighted by Gasteiger charge is -2.07. The van der Waals surface area contributed by atoms with Crippen molar-refractivity contribution in [3.63, 3.8) is 0 Å². The molecule has 5 heteroatoms. The van der Waals surface area contributed by atoms with Crippen molar-refractivity contribution in [2.75, 3.05) is 0 Å². The van der Waals surface area contributed by atoms with Gasteiger partial charge in [0.05, 0.1) is 17.1 Å². The lowest BCUT2D eigenvalue weighted by molar-refractivity contribution is -0.131. The van der Waals surface area contributed by atoms with Gasteiger partial charge in [-0.05, 0) is 42.5 Å². The highest BCUT2D eigenvalue weighted by molar-refractivity contribution is 6.30. The zero-order chi connectivity index (χ0) is 19.5. The quantitative estimate of drug-likeness (QED) is 0.328. The molecule has 4 aromatic rings. The Hall–Kier alpha value is -3.37. The van der Waals surface area contributed by atoms with Crippen molar-refractivity contribution in [2.24, 2.45) is 0 Å². The van der Waals surface area contributed by atoms with Crippen molar-refractivity contribution in [3.05, 3.63) is 90.0 Å². The van der Waals surface area contributed by atoms with E-state index in [9.17, 15) is 4.79 Å². The van der Waals surface area contributed by atoms with Crippen molar-refractivity contribution in [1.82, 2.24) is 9.78 Å². The fourth-order valence-corrected chi connectivity index (χ4v) is 3.13. The Balaban J connectivity index is 1.84. The second-order valence-electron chi connectivity index (χ2n) is 6.29. The van der Waals surface area contributed by atoms with Gasteiger partial charge in [0, 0.05) is 23.1 Å². The molecule has 4 nitrogen and oxygen atoms in total. The van der Waals surface area contributed by atoms with Crippen LogP contribution in [0.15, 0.2) is 84.9 Å². The molecule has 0 saturated carbocycles. The summed E-state index contributed by atoms with van der Waals surface area (Å²) in [4.78, 5) is 11.3. The average Bonchev–Trinajstić information content (AvgIpc) is 3.14. The van der Waals surface area contributed by atoms with Crippen LogP contribution >= 0.6 is 11.6 Å². The fraction of sp³-hybridized carbons (Fsp3) is 0.0435. The van der Waals surface area contributed by atoms with Gasteiger partial charge in [-0.15, -0.1) is 0 Å². The van der Waals surface area contributed by atoms with Crippen molar-refractivity contribution in [3.8, 4) is 34.0 Å². The predicted molar refractivity (Wildman–Crippen MR) is 111 cm³/mol. The summed E-state index contributed by atoms with van der Waals surface area (Å²) in [5, 5.41) is 5.50. The summed E-state index contributed by atoms with van der Waals surface area (Å²) in [6.45, 7) is 1.38. The Kier molecular flexibility index (Phi) is 4.96. The molecule has 1 aromatic heterocycles. The molecule has 0 unspecified atom stereocenters. The maximum absolute atomic E-state index is 11.3. The topological polar surface area (TPSA) is 44.1 Å². The van der Waals surface area contributed by atoms with Gasteiger partial charge in [0.15, 0.2) is 0 Å². The van der Waals surface area contributed by atoms with Gasteiger partial charge in [-0.1, -0.05) is 54.1 Å². The van der Waals surface area contributed by atoms with Gasteiger partial charge in [-0.25, -0.2) is 4.68 Å². The minimum Gasteiger partial charge on any atom is -0.427 e. The largest absolute Gasteiger partial charge is 0.427 e. The second-order valence-corrected chi connectivity index (χ2v) is 6.73. The first-order valence-corrected chi connectivity index (χ1v) is 9.18. The number of hydrogen-bond acceptors (Lipinski definition) is 3. The van der Waals surface area contributed by atoms with Crippen LogP contribution < -0.4 is 4.74 Å². The number of hydrogen-bond donors (Lipinski definition) is 0. The highest BCUT2D eigenvalue weighted by Crippen LogP contribution is 2.30. The highest BCUT2D eigenvalue weighted by Gasteiger charge is 2.14. The minimum atomic E-state index is -0.353. The number of carbonyl (C=O) groups excluding carboxylic acids is 1. The van der Waals surface area contributed by atoms with E-state index in [2.05, 4.69) is 0 Å². The fourth-order valence-electron chi connectivity index (χ4n) is 3.00. The molecule has 0 aliphatic heterocycles. The van der Waals surface area contributed by atoms with E-state index in [0.717, 1.165) is 28.2 Å². The highest BCUT2D eigenvalue weighted by atomic mass is 35.5. The van der Waals surface area contributed by atoms with Crippen molar-refractivity contribution in [2.45, 2.75) is 6.92 Å². The van der Waals surface area contributed by atoms with Crippen LogP contribution in [0.1, 0.15) is 6.92 Å². The maximum Gasteiger partial charge on any atom is 0.308 e. The first kappa shape index (κ1) is 18.0. The third-order valence-corrected chi connectivity index (χ3v) is 4.49. The average molecular weight is 389 g/mol. The Morgan fingerprint density at radius 3 is 2.36 bits per heavy atom. The van der Waals surface area contributed by atoms with Gasteiger partial charge in [0.1, 0.15) is 5.75 Å². The summed E-state index contributed by atoms with van der Waals surface area (Å²) in [6, 6.07) is 27.0. The molecular formula is C23H17ClN2O2. The predicted octanol–water partition coefficient (Wildman–Crippen LogP) is 5.79. The molecule has 0 N–H and O–H groups in total. The van der Waals surface area contributed by atoms with Crippen LogP contribution in [0, 0.1) is 0 Å². The zero-order valence-electron chi connectivity index (χ0n) is 15.2. The van der Waals surface area contributed by atoms with Crippen LogP contribution in [-0.2, 0) is 4.79 Å². The molecule has 0 fully saturated rings. The Morgan fingerprint density at radius 1 is 0.893 bits per heavy atom. The summed E-state index contributed by atoms with van der Waals surface area (Å²) in [6.07, 6.45) is 0. The number of carbonyl (C=O) groups is 1. The molecule has 28 heavy (non-hydrogen) atoms. The van der Waals surface area contributed by atoms with Crippen LogP contribution in [0.2, 0.25) is 5.02 Å². The van der Waals surface area contributed by atoms with Crippen LogP contribution in [0.4, 0.5) is 0 Å². The SMILES string of the molecule is CC(=O)Oc1cccc(-c2cc(-c3ccc(Cl)cc3)n(-c3ccccc3)n2)c1. The van der Waals surface area contributed by atoms with Gasteiger partial charge in [0.25, 0.3) is 0 Å². The Morgan fingerprint density at radius 2 is 1.64 bits per heavy atom. The maximum atomic E-state index is 11.3. The number of ether oxygens (including phenoxy) is 1. The molecule has 4 rings (SSSR count). The van der Waals surface area contributed by atoms with Crippen molar-refractivity contribution >= 4 is 17.6 Å². The third kappa shape index (κ3) is 3.82. The minimum absolute atomic E-state index is 0.353. The summed E-state index contributed by atoms with van der Waals surface area (Å²) in [5.74, 6) is 0.140. The first-order valence-electron chi connectivity index (χ1n) is 8.80. The molecular weight excluding hydrogens is 372 g/mol. The lowest BCUT2D eigenvalue weighted by atomic mass is 10.1. The monoisotopic (exact) mass is 388 g/mol. The molecule has 0 aliphatic rings. The molecule has 0 spiro atoms. The van der Waals surface area contributed by atoms with Crippen LogP contribution in [-0.4, -0.2) is 15.7 Å². The van der Waals surface area contributed by atoms with Crippen molar-refractivity contribution in [1.29, 1.82) is 0 Å². The Bertz CT molecular complexity index is 1120. The van der Waals surface area contributed by atoms with Gasteiger partial charge < -0.3 is 4.74 Å². The van der Waals surface area contributed by atoms with E-state index >= 15 is 0 Å². The molecule has 0 atom stereocenters. The number of aromatic nitrogens is 2. The Labute approximate surface area is 168 Å². The number of benzene rings is 3. The number of nitrogens with zero attached hydrogens (tertiary/aromatic N) is 2.